The van der Waals surface area contributed by atoms with Crippen LogP contribution in [0.3, 0.4) is 0 Å². The summed E-state index contributed by atoms with van der Waals surface area (Å²) in [5.41, 5.74) is 1.04. The van der Waals surface area contributed by atoms with Gasteiger partial charge in [-0.05, 0) is 20.4 Å². The van der Waals surface area contributed by atoms with Gasteiger partial charge in [-0.2, -0.15) is 0 Å². The monoisotopic (exact) mass is 307 g/mol. The molecule has 22 heavy (non-hydrogen) atoms. The minimum atomic E-state index is -0.367. The van der Waals surface area contributed by atoms with E-state index in [1.807, 2.05) is 24.9 Å². The van der Waals surface area contributed by atoms with Crippen molar-refractivity contribution in [2.75, 3.05) is 58.3 Å². The number of aliphatic hydroxyl groups is 1. The van der Waals surface area contributed by atoms with Crippen LogP contribution in [0.25, 0.3) is 0 Å². The molecule has 0 spiro atoms. The molecule has 1 atom stereocenters. The summed E-state index contributed by atoms with van der Waals surface area (Å²) in [7, 11) is 4.12. The smallest absolute Gasteiger partial charge is 0.132 e. The maximum Gasteiger partial charge on any atom is 0.132 e. The molecule has 1 aliphatic rings. The van der Waals surface area contributed by atoms with Gasteiger partial charge in [-0.1, -0.05) is 6.92 Å². The van der Waals surface area contributed by atoms with Crippen LogP contribution >= 0.6 is 0 Å². The van der Waals surface area contributed by atoms with E-state index in [0.717, 1.165) is 56.5 Å². The molecule has 1 fully saturated rings. The average molecular weight is 307 g/mol. The highest BCUT2D eigenvalue weighted by atomic mass is 16.3. The predicted octanol–water partition coefficient (Wildman–Crippen LogP) is 0.392. The van der Waals surface area contributed by atoms with Crippen molar-refractivity contribution in [2.24, 2.45) is 0 Å². The molecule has 124 valence electrons. The van der Waals surface area contributed by atoms with Crippen molar-refractivity contribution < 1.29 is 5.11 Å². The number of aromatic nitrogens is 2. The zero-order valence-corrected chi connectivity index (χ0v) is 14.3. The molecule has 1 aromatic rings. The number of anilines is 1. The minimum Gasteiger partial charge on any atom is -0.390 e. The number of aliphatic hydroxyl groups excluding tert-OH is 1. The molecule has 0 saturated carbocycles. The van der Waals surface area contributed by atoms with E-state index in [2.05, 4.69) is 33.7 Å². The Kier molecular flexibility index (Phi) is 6.11. The summed E-state index contributed by atoms with van der Waals surface area (Å²) < 4.78 is 0. The Hall–Kier alpha value is -1.24. The first-order chi connectivity index (χ1) is 10.5. The normalized spacial score (nSPS) is 18.4. The summed E-state index contributed by atoms with van der Waals surface area (Å²) >= 11 is 0. The fourth-order valence-corrected chi connectivity index (χ4v) is 2.78. The summed E-state index contributed by atoms with van der Waals surface area (Å²) in [4.78, 5) is 15.6. The molecule has 1 N–H and O–H groups in total. The van der Waals surface area contributed by atoms with Gasteiger partial charge in [0, 0.05) is 58.1 Å². The van der Waals surface area contributed by atoms with Crippen molar-refractivity contribution in [2.45, 2.75) is 26.4 Å². The largest absolute Gasteiger partial charge is 0.390 e. The topological polar surface area (TPSA) is 55.7 Å². The van der Waals surface area contributed by atoms with Gasteiger partial charge >= 0.3 is 0 Å². The van der Waals surface area contributed by atoms with Gasteiger partial charge in [0.15, 0.2) is 0 Å². The zero-order valence-electron chi connectivity index (χ0n) is 14.3. The van der Waals surface area contributed by atoms with Crippen molar-refractivity contribution in [3.8, 4) is 0 Å². The van der Waals surface area contributed by atoms with Crippen LogP contribution in [0.4, 0.5) is 5.82 Å². The molecule has 2 heterocycles. The molecule has 6 nitrogen and oxygen atoms in total. The van der Waals surface area contributed by atoms with Crippen LogP contribution in [-0.4, -0.2) is 84.3 Å². The molecular weight excluding hydrogens is 278 g/mol. The molecule has 6 heteroatoms. The van der Waals surface area contributed by atoms with Crippen molar-refractivity contribution in [3.05, 3.63) is 17.6 Å². The highest BCUT2D eigenvalue weighted by Crippen LogP contribution is 2.12. The summed E-state index contributed by atoms with van der Waals surface area (Å²) in [5.74, 6) is 1.68. The number of nitrogens with zero attached hydrogens (tertiary/aromatic N) is 5. The van der Waals surface area contributed by atoms with Crippen LogP contribution in [0.1, 0.15) is 18.4 Å². The number of hydrogen-bond donors (Lipinski definition) is 1. The van der Waals surface area contributed by atoms with Crippen molar-refractivity contribution in [1.82, 2.24) is 19.8 Å². The van der Waals surface area contributed by atoms with Gasteiger partial charge in [0.2, 0.25) is 0 Å². The van der Waals surface area contributed by atoms with E-state index in [1.165, 1.54) is 0 Å². The van der Waals surface area contributed by atoms with Crippen molar-refractivity contribution in [3.63, 3.8) is 0 Å². The third-order valence-corrected chi connectivity index (χ3v) is 4.18. The van der Waals surface area contributed by atoms with Crippen LogP contribution < -0.4 is 4.90 Å². The number of hydrogen-bond acceptors (Lipinski definition) is 6. The molecular formula is C16H29N5O. The second-order valence-corrected chi connectivity index (χ2v) is 6.26. The SMILES string of the molecule is CCc1cc(N(C)CC(O)CN2CCN(C)CC2)nc(C)n1. The number of rotatable bonds is 6. The standard InChI is InChI=1S/C16H29N5O/c1-5-14-10-16(18-13(2)17-14)20(4)11-15(22)12-21-8-6-19(3)7-9-21/h10,15,22H,5-9,11-12H2,1-4H3. The second-order valence-electron chi connectivity index (χ2n) is 6.26. The first-order valence-corrected chi connectivity index (χ1v) is 8.12. The van der Waals surface area contributed by atoms with Gasteiger partial charge in [-0.25, -0.2) is 9.97 Å². The number of β-amino-alcohol motifs (C(OH)–C–C–N with tert-alkyl or cyclic N) is 1. The Labute approximate surface area is 133 Å². The van der Waals surface area contributed by atoms with E-state index in [9.17, 15) is 5.11 Å². The Balaban J connectivity index is 1.88. The van der Waals surface area contributed by atoms with Crippen LogP contribution in [-0.2, 0) is 6.42 Å². The Morgan fingerprint density at radius 2 is 1.95 bits per heavy atom. The van der Waals surface area contributed by atoms with Crippen molar-refractivity contribution in [1.29, 1.82) is 0 Å². The lowest BCUT2D eigenvalue weighted by molar-refractivity contribution is 0.0842. The van der Waals surface area contributed by atoms with Crippen LogP contribution in [0, 0.1) is 6.92 Å². The average Bonchev–Trinajstić information content (AvgIpc) is 2.48. The van der Waals surface area contributed by atoms with E-state index in [-0.39, 0.29) is 6.10 Å². The molecule has 1 unspecified atom stereocenters. The third kappa shape index (κ3) is 4.90. The second kappa shape index (κ2) is 7.85. The van der Waals surface area contributed by atoms with Crippen LogP contribution in [0.15, 0.2) is 6.07 Å². The summed E-state index contributed by atoms with van der Waals surface area (Å²) in [5, 5.41) is 10.4. The molecule has 1 aromatic heterocycles. The lowest BCUT2D eigenvalue weighted by Crippen LogP contribution is -2.48. The fourth-order valence-electron chi connectivity index (χ4n) is 2.78. The van der Waals surface area contributed by atoms with Gasteiger partial charge in [-0.15, -0.1) is 0 Å². The lowest BCUT2D eigenvalue weighted by Gasteiger charge is -2.34. The molecule has 0 aliphatic carbocycles. The zero-order chi connectivity index (χ0) is 16.1. The summed E-state index contributed by atoms with van der Waals surface area (Å²) in [6, 6.07) is 2.01. The molecule has 0 aromatic carbocycles. The van der Waals surface area contributed by atoms with E-state index < -0.39 is 0 Å². The van der Waals surface area contributed by atoms with Crippen LogP contribution in [0.5, 0.6) is 0 Å². The van der Waals surface area contributed by atoms with E-state index in [1.54, 1.807) is 0 Å². The summed E-state index contributed by atoms with van der Waals surface area (Å²) in [6.07, 6.45) is 0.530. The Morgan fingerprint density at radius 1 is 1.27 bits per heavy atom. The molecule has 0 amide bonds. The molecule has 0 radical (unpaired) electrons. The molecule has 2 rings (SSSR count). The first-order valence-electron chi connectivity index (χ1n) is 8.12. The number of piperazine rings is 1. The minimum absolute atomic E-state index is 0.367. The maximum atomic E-state index is 10.4. The maximum absolute atomic E-state index is 10.4. The predicted molar refractivity (Wildman–Crippen MR) is 89.4 cm³/mol. The third-order valence-electron chi connectivity index (χ3n) is 4.18. The highest BCUT2D eigenvalue weighted by Gasteiger charge is 2.18. The van der Waals surface area contributed by atoms with Gasteiger partial charge in [0.1, 0.15) is 11.6 Å². The van der Waals surface area contributed by atoms with Gasteiger partial charge in [0.25, 0.3) is 0 Å². The number of aryl methyl sites for hydroxylation is 2. The Morgan fingerprint density at radius 3 is 2.59 bits per heavy atom. The Bertz CT molecular complexity index is 474. The van der Waals surface area contributed by atoms with Gasteiger partial charge in [-0.3, -0.25) is 4.90 Å². The van der Waals surface area contributed by atoms with E-state index in [0.29, 0.717) is 6.54 Å². The fraction of sp³-hybridized carbons (Fsp3) is 0.750. The van der Waals surface area contributed by atoms with Crippen molar-refractivity contribution >= 4 is 5.82 Å². The van der Waals surface area contributed by atoms with Crippen LogP contribution in [0.2, 0.25) is 0 Å². The van der Waals surface area contributed by atoms with E-state index in [4.69, 9.17) is 0 Å². The molecule has 1 aliphatic heterocycles. The number of likely N-dealkylation sites (N-methyl/N-ethyl adjacent to an activating group) is 2. The lowest BCUT2D eigenvalue weighted by atomic mass is 10.2. The highest BCUT2D eigenvalue weighted by molar-refractivity contribution is 5.39. The first kappa shape index (κ1) is 17.1. The summed E-state index contributed by atoms with van der Waals surface area (Å²) in [6.45, 7) is 9.54. The van der Waals surface area contributed by atoms with E-state index >= 15 is 0 Å². The molecule has 1 saturated heterocycles. The van der Waals surface area contributed by atoms with Gasteiger partial charge < -0.3 is 14.9 Å². The quantitative estimate of drug-likeness (QED) is 0.821. The van der Waals surface area contributed by atoms with Gasteiger partial charge in [0.05, 0.1) is 6.10 Å². The molecule has 0 bridgehead atoms.